The number of carbonyl (C=O) groups is 2. The van der Waals surface area contributed by atoms with Crippen molar-refractivity contribution in [3.8, 4) is 0 Å². The lowest BCUT2D eigenvalue weighted by molar-refractivity contribution is -0.117. The summed E-state index contributed by atoms with van der Waals surface area (Å²) in [6.45, 7) is 1.96. The fourth-order valence-electron chi connectivity index (χ4n) is 2.93. The first-order chi connectivity index (χ1) is 15.4. The number of hydrogen-bond acceptors (Lipinski definition) is 4. The summed E-state index contributed by atoms with van der Waals surface area (Å²) in [5.74, 6) is -0.893. The van der Waals surface area contributed by atoms with Gasteiger partial charge in [0.1, 0.15) is 5.70 Å². The number of rotatable bonds is 7. The maximum atomic E-state index is 12.8. The highest BCUT2D eigenvalue weighted by molar-refractivity contribution is 6.05. The fraction of sp³-hybridized carbons (Fsp3) is 0.115. The van der Waals surface area contributed by atoms with Crippen molar-refractivity contribution in [2.75, 3.05) is 19.0 Å². The zero-order valence-electron chi connectivity index (χ0n) is 18.4. The Morgan fingerprint density at radius 1 is 0.875 bits per heavy atom. The highest BCUT2D eigenvalue weighted by Crippen LogP contribution is 2.14. The quantitative estimate of drug-likeness (QED) is 0.341. The molecule has 0 radical (unpaired) electrons. The van der Waals surface area contributed by atoms with Crippen molar-refractivity contribution in [3.63, 3.8) is 0 Å². The van der Waals surface area contributed by atoms with E-state index in [2.05, 4.69) is 15.8 Å². The highest BCUT2D eigenvalue weighted by Gasteiger charge is 2.14. The number of hydrazone groups is 1. The number of anilines is 1. The van der Waals surface area contributed by atoms with E-state index >= 15 is 0 Å². The number of hydrogen-bond donors (Lipinski definition) is 2. The molecule has 0 heterocycles. The lowest BCUT2D eigenvalue weighted by atomic mass is 10.1. The van der Waals surface area contributed by atoms with Crippen LogP contribution in [0.1, 0.15) is 27.0 Å². The Kier molecular flexibility index (Phi) is 7.54. The zero-order chi connectivity index (χ0) is 22.9. The third-order valence-corrected chi connectivity index (χ3v) is 4.81. The third kappa shape index (κ3) is 6.15. The smallest absolute Gasteiger partial charge is 0.287 e. The minimum absolute atomic E-state index is 0.0957. The first-order valence-electron chi connectivity index (χ1n) is 10.2. The maximum absolute atomic E-state index is 12.8. The van der Waals surface area contributed by atoms with Gasteiger partial charge in [0.2, 0.25) is 0 Å². The molecule has 0 aromatic heterocycles. The van der Waals surface area contributed by atoms with Gasteiger partial charge in [-0.1, -0.05) is 54.6 Å². The summed E-state index contributed by atoms with van der Waals surface area (Å²) in [5.41, 5.74) is 6.80. The SMILES string of the molecule is Cc1ccccc1C=NNC(=O)C(=Cc1ccc(N(C)C)cc1)NC(=O)c1ccccc1. The van der Waals surface area contributed by atoms with Gasteiger partial charge in [-0.15, -0.1) is 0 Å². The van der Waals surface area contributed by atoms with E-state index in [1.807, 2.05) is 80.5 Å². The molecule has 0 aliphatic rings. The van der Waals surface area contributed by atoms with Crippen molar-refractivity contribution in [1.29, 1.82) is 0 Å². The summed E-state index contributed by atoms with van der Waals surface area (Å²) in [6.07, 6.45) is 3.20. The van der Waals surface area contributed by atoms with Crippen LogP contribution in [0.5, 0.6) is 0 Å². The first-order valence-corrected chi connectivity index (χ1v) is 10.2. The largest absolute Gasteiger partial charge is 0.378 e. The highest BCUT2D eigenvalue weighted by atomic mass is 16.2. The molecular formula is C26H26N4O2. The summed E-state index contributed by atoms with van der Waals surface area (Å²) in [5, 5.41) is 6.76. The molecule has 0 unspecified atom stereocenters. The molecule has 0 fully saturated rings. The normalized spacial score (nSPS) is 11.3. The molecule has 2 amide bonds. The van der Waals surface area contributed by atoms with Gasteiger partial charge >= 0.3 is 0 Å². The maximum Gasteiger partial charge on any atom is 0.287 e. The average Bonchev–Trinajstić information content (AvgIpc) is 2.80. The lowest BCUT2D eigenvalue weighted by Gasteiger charge is -2.12. The monoisotopic (exact) mass is 426 g/mol. The van der Waals surface area contributed by atoms with E-state index in [9.17, 15) is 9.59 Å². The van der Waals surface area contributed by atoms with Crippen molar-refractivity contribution in [2.45, 2.75) is 6.92 Å². The molecule has 3 aromatic rings. The molecule has 162 valence electrons. The summed E-state index contributed by atoms with van der Waals surface area (Å²) in [7, 11) is 3.91. The zero-order valence-corrected chi connectivity index (χ0v) is 18.4. The predicted octanol–water partition coefficient (Wildman–Crippen LogP) is 3.98. The van der Waals surface area contributed by atoms with Crippen molar-refractivity contribution < 1.29 is 9.59 Å². The first kappa shape index (κ1) is 22.5. The molecule has 0 aliphatic carbocycles. The topological polar surface area (TPSA) is 73.8 Å². The van der Waals surface area contributed by atoms with Crippen LogP contribution in [-0.2, 0) is 4.79 Å². The van der Waals surface area contributed by atoms with Gasteiger partial charge < -0.3 is 10.2 Å². The molecule has 0 bridgehead atoms. The van der Waals surface area contributed by atoms with Crippen LogP contribution in [0.3, 0.4) is 0 Å². The minimum atomic E-state index is -0.518. The van der Waals surface area contributed by atoms with Crippen molar-refractivity contribution in [2.24, 2.45) is 5.10 Å². The molecule has 6 heteroatoms. The van der Waals surface area contributed by atoms with E-state index in [4.69, 9.17) is 0 Å². The van der Waals surface area contributed by atoms with E-state index in [1.54, 1.807) is 36.6 Å². The molecule has 32 heavy (non-hydrogen) atoms. The Morgan fingerprint density at radius 3 is 2.19 bits per heavy atom. The number of amides is 2. The Hall–Kier alpha value is -4.19. The number of aryl methyl sites for hydroxylation is 1. The second-order valence-corrected chi connectivity index (χ2v) is 7.42. The van der Waals surface area contributed by atoms with E-state index in [1.165, 1.54) is 0 Å². The van der Waals surface area contributed by atoms with Crippen LogP contribution in [0.2, 0.25) is 0 Å². The molecule has 0 saturated heterocycles. The molecule has 2 N–H and O–H groups in total. The van der Waals surface area contributed by atoms with Gasteiger partial charge in [-0.2, -0.15) is 5.10 Å². The number of nitrogens with one attached hydrogen (secondary N) is 2. The van der Waals surface area contributed by atoms with Crippen molar-refractivity contribution >= 4 is 29.8 Å². The van der Waals surface area contributed by atoms with Gasteiger partial charge in [-0.05, 0) is 54.0 Å². The minimum Gasteiger partial charge on any atom is -0.378 e. The Balaban J connectivity index is 1.82. The van der Waals surface area contributed by atoms with Gasteiger partial charge in [-0.3, -0.25) is 9.59 Å². The lowest BCUT2D eigenvalue weighted by Crippen LogP contribution is -2.32. The summed E-state index contributed by atoms with van der Waals surface area (Å²) in [4.78, 5) is 27.5. The van der Waals surface area contributed by atoms with E-state index in [0.717, 1.165) is 22.4 Å². The number of nitrogens with zero attached hydrogens (tertiary/aromatic N) is 2. The van der Waals surface area contributed by atoms with Gasteiger partial charge in [0.05, 0.1) is 6.21 Å². The van der Waals surface area contributed by atoms with E-state index in [0.29, 0.717) is 5.56 Å². The van der Waals surface area contributed by atoms with Crippen LogP contribution in [0.15, 0.2) is 89.7 Å². The van der Waals surface area contributed by atoms with Gasteiger partial charge in [0.15, 0.2) is 0 Å². The number of carbonyl (C=O) groups excluding carboxylic acids is 2. The predicted molar refractivity (Wildman–Crippen MR) is 130 cm³/mol. The second-order valence-electron chi connectivity index (χ2n) is 7.42. The van der Waals surface area contributed by atoms with Crippen LogP contribution in [0, 0.1) is 6.92 Å². The fourth-order valence-corrected chi connectivity index (χ4v) is 2.93. The molecular weight excluding hydrogens is 400 g/mol. The van der Waals surface area contributed by atoms with Gasteiger partial charge in [0, 0.05) is 25.3 Å². The van der Waals surface area contributed by atoms with Crippen LogP contribution < -0.4 is 15.6 Å². The Labute approximate surface area is 188 Å². The third-order valence-electron chi connectivity index (χ3n) is 4.81. The van der Waals surface area contributed by atoms with Crippen molar-refractivity contribution in [1.82, 2.24) is 10.7 Å². The molecule has 0 aliphatic heterocycles. The standard InChI is InChI=1S/C26H26N4O2/c1-19-9-7-8-12-22(19)18-27-29-26(32)24(28-25(31)21-10-5-4-6-11-21)17-20-13-15-23(16-14-20)30(2)3/h4-18H,1-3H3,(H,28,31)(H,29,32). The molecule has 0 atom stereocenters. The average molecular weight is 427 g/mol. The molecule has 3 aromatic carbocycles. The summed E-state index contributed by atoms with van der Waals surface area (Å²) in [6, 6.07) is 24.1. The molecule has 6 nitrogen and oxygen atoms in total. The van der Waals surface area contributed by atoms with Crippen LogP contribution in [0.25, 0.3) is 6.08 Å². The molecule has 0 spiro atoms. The van der Waals surface area contributed by atoms with Crippen LogP contribution in [-0.4, -0.2) is 32.1 Å². The van der Waals surface area contributed by atoms with Gasteiger partial charge in [0.25, 0.3) is 11.8 Å². The van der Waals surface area contributed by atoms with Crippen LogP contribution >= 0.6 is 0 Å². The van der Waals surface area contributed by atoms with Gasteiger partial charge in [-0.25, -0.2) is 5.43 Å². The summed E-state index contributed by atoms with van der Waals surface area (Å²) < 4.78 is 0. The number of benzene rings is 3. The Bertz CT molecular complexity index is 1130. The molecule has 3 rings (SSSR count). The van der Waals surface area contributed by atoms with E-state index in [-0.39, 0.29) is 11.6 Å². The molecule has 0 saturated carbocycles. The van der Waals surface area contributed by atoms with E-state index < -0.39 is 5.91 Å². The Morgan fingerprint density at radius 2 is 1.53 bits per heavy atom. The van der Waals surface area contributed by atoms with Crippen LogP contribution in [0.4, 0.5) is 5.69 Å². The van der Waals surface area contributed by atoms with Crippen molar-refractivity contribution in [3.05, 3.63) is 107 Å². The summed E-state index contributed by atoms with van der Waals surface area (Å²) >= 11 is 0. The second kappa shape index (κ2) is 10.7.